The van der Waals surface area contributed by atoms with Crippen LogP contribution < -0.4 is 11.1 Å². The Morgan fingerprint density at radius 3 is 2.79 bits per heavy atom. The molecule has 2 rings (SSSR count). The van der Waals surface area contributed by atoms with Gasteiger partial charge in [-0.25, -0.2) is 9.18 Å². The number of carboxylic acid groups (broad SMARTS) is 1. The van der Waals surface area contributed by atoms with Gasteiger partial charge in [0.15, 0.2) is 0 Å². The molecule has 7 heteroatoms. The Hall–Kier alpha value is -1.60. The summed E-state index contributed by atoms with van der Waals surface area (Å²) >= 11 is 4.84. The molecular formula is C12H10BrFN2O2S. The molecule has 19 heavy (non-hydrogen) atoms. The summed E-state index contributed by atoms with van der Waals surface area (Å²) < 4.78 is 14.6. The normalized spacial score (nSPS) is 10.4. The number of carbonyl (C=O) groups is 1. The smallest absolute Gasteiger partial charge is 0.337 e. The van der Waals surface area contributed by atoms with Gasteiger partial charge in [-0.15, -0.1) is 11.3 Å². The molecule has 0 spiro atoms. The Kier molecular flexibility index (Phi) is 4.06. The molecule has 0 fully saturated rings. The number of benzene rings is 1. The first-order valence-corrected chi connectivity index (χ1v) is 6.93. The van der Waals surface area contributed by atoms with Crippen molar-refractivity contribution in [3.63, 3.8) is 0 Å². The lowest BCUT2D eigenvalue weighted by molar-refractivity contribution is 0.0698. The molecule has 2 aromatic rings. The zero-order valence-electron chi connectivity index (χ0n) is 9.61. The molecule has 1 heterocycles. The molecule has 1 aromatic heterocycles. The molecule has 0 unspecified atom stereocenters. The van der Waals surface area contributed by atoms with Crippen LogP contribution in [-0.4, -0.2) is 11.1 Å². The van der Waals surface area contributed by atoms with Crippen LogP contribution >= 0.6 is 27.3 Å². The van der Waals surface area contributed by atoms with Gasteiger partial charge >= 0.3 is 5.97 Å². The third-order valence-corrected chi connectivity index (χ3v) is 4.14. The average molecular weight is 345 g/mol. The van der Waals surface area contributed by atoms with Crippen molar-refractivity contribution in [1.29, 1.82) is 0 Å². The minimum atomic E-state index is -1.18. The average Bonchev–Trinajstić information content (AvgIpc) is 2.73. The Morgan fingerprint density at radius 2 is 2.21 bits per heavy atom. The lowest BCUT2D eigenvalue weighted by Crippen LogP contribution is -2.07. The van der Waals surface area contributed by atoms with Crippen LogP contribution in [0.25, 0.3) is 0 Å². The summed E-state index contributed by atoms with van der Waals surface area (Å²) in [7, 11) is 0. The molecule has 0 saturated carbocycles. The summed E-state index contributed by atoms with van der Waals surface area (Å²) in [6.45, 7) is 0.413. The number of hydrogen-bond donors (Lipinski definition) is 3. The summed E-state index contributed by atoms with van der Waals surface area (Å²) in [6, 6.07) is 4.12. The first kappa shape index (κ1) is 13.8. The van der Waals surface area contributed by atoms with E-state index in [9.17, 15) is 9.18 Å². The summed E-state index contributed by atoms with van der Waals surface area (Å²) in [5.41, 5.74) is 5.37. The summed E-state index contributed by atoms with van der Waals surface area (Å²) in [5, 5.41) is 13.7. The number of nitrogens with one attached hydrogen (secondary N) is 1. The zero-order valence-corrected chi connectivity index (χ0v) is 12.0. The number of halogens is 2. The van der Waals surface area contributed by atoms with Crippen LogP contribution in [0, 0.1) is 5.82 Å². The summed E-state index contributed by atoms with van der Waals surface area (Å²) in [4.78, 5) is 11.9. The Labute approximate surface area is 121 Å². The molecule has 0 saturated heterocycles. The highest BCUT2D eigenvalue weighted by molar-refractivity contribution is 9.10. The third-order valence-electron chi connectivity index (χ3n) is 2.44. The van der Waals surface area contributed by atoms with Crippen LogP contribution in [0.5, 0.6) is 0 Å². The van der Waals surface area contributed by atoms with Crippen LogP contribution in [0.4, 0.5) is 15.8 Å². The predicted molar refractivity (Wildman–Crippen MR) is 77.1 cm³/mol. The molecule has 1 aromatic carbocycles. The van der Waals surface area contributed by atoms with Crippen molar-refractivity contribution >= 4 is 44.6 Å². The van der Waals surface area contributed by atoms with Crippen LogP contribution in [0.1, 0.15) is 15.2 Å². The van der Waals surface area contributed by atoms with Crippen LogP contribution in [0.15, 0.2) is 28.1 Å². The van der Waals surface area contributed by atoms with Gasteiger partial charge < -0.3 is 16.2 Å². The maximum Gasteiger partial charge on any atom is 0.337 e. The quantitative estimate of drug-likeness (QED) is 0.741. The number of aromatic carboxylic acids is 1. The van der Waals surface area contributed by atoms with E-state index in [-0.39, 0.29) is 16.9 Å². The maximum atomic E-state index is 13.7. The maximum absolute atomic E-state index is 13.7. The van der Waals surface area contributed by atoms with E-state index in [4.69, 9.17) is 10.8 Å². The Bertz CT molecular complexity index is 630. The topological polar surface area (TPSA) is 75.3 Å². The largest absolute Gasteiger partial charge is 0.478 e. The number of nitrogen functional groups attached to an aromatic ring is 1. The SMILES string of the molecule is Nc1cc(F)c(NCc2cc(Br)cs2)cc1C(=O)O. The van der Waals surface area contributed by atoms with Gasteiger partial charge in [-0.1, -0.05) is 0 Å². The van der Waals surface area contributed by atoms with Gasteiger partial charge in [0.25, 0.3) is 0 Å². The van der Waals surface area contributed by atoms with Crippen molar-refractivity contribution in [2.75, 3.05) is 11.1 Å². The van der Waals surface area contributed by atoms with Crippen molar-refractivity contribution in [3.05, 3.63) is 44.3 Å². The van der Waals surface area contributed by atoms with E-state index >= 15 is 0 Å². The van der Waals surface area contributed by atoms with Crippen molar-refractivity contribution < 1.29 is 14.3 Å². The van der Waals surface area contributed by atoms with Crippen molar-refractivity contribution in [3.8, 4) is 0 Å². The van der Waals surface area contributed by atoms with E-state index in [1.165, 1.54) is 17.4 Å². The fourth-order valence-corrected chi connectivity index (χ4v) is 2.93. The number of nitrogens with two attached hydrogens (primary N) is 1. The van der Waals surface area contributed by atoms with E-state index < -0.39 is 11.8 Å². The number of anilines is 2. The van der Waals surface area contributed by atoms with Gasteiger partial charge in [-0.05, 0) is 34.1 Å². The summed E-state index contributed by atoms with van der Waals surface area (Å²) in [6.07, 6.45) is 0. The number of hydrogen-bond acceptors (Lipinski definition) is 4. The molecule has 0 aliphatic rings. The molecule has 0 aliphatic heterocycles. The van der Waals surface area contributed by atoms with Gasteiger partial charge in [-0.2, -0.15) is 0 Å². The van der Waals surface area contributed by atoms with E-state index in [1.807, 2.05) is 11.4 Å². The molecule has 4 nitrogen and oxygen atoms in total. The zero-order chi connectivity index (χ0) is 14.0. The Morgan fingerprint density at radius 1 is 1.47 bits per heavy atom. The number of carboxylic acids is 1. The first-order valence-electron chi connectivity index (χ1n) is 5.26. The number of thiophene rings is 1. The summed E-state index contributed by atoms with van der Waals surface area (Å²) in [5.74, 6) is -1.75. The van der Waals surface area contributed by atoms with E-state index in [2.05, 4.69) is 21.2 Å². The fraction of sp³-hybridized carbons (Fsp3) is 0.0833. The molecule has 100 valence electrons. The second-order valence-corrected chi connectivity index (χ2v) is 5.72. The monoisotopic (exact) mass is 344 g/mol. The van der Waals surface area contributed by atoms with Crippen LogP contribution in [0.3, 0.4) is 0 Å². The second kappa shape index (κ2) is 5.58. The standard InChI is InChI=1S/C12H10BrFN2O2S/c13-6-1-7(19-5-6)4-16-11-2-8(12(17)18)10(15)3-9(11)14/h1-3,5,16H,4,15H2,(H,17,18). The highest BCUT2D eigenvalue weighted by atomic mass is 79.9. The predicted octanol–water partition coefficient (Wildman–Crippen LogP) is 3.54. The van der Waals surface area contributed by atoms with Crippen molar-refractivity contribution in [2.24, 2.45) is 0 Å². The molecule has 0 bridgehead atoms. The van der Waals surface area contributed by atoms with Gasteiger partial charge in [0.2, 0.25) is 0 Å². The molecule has 0 atom stereocenters. The van der Waals surface area contributed by atoms with Gasteiger partial charge in [0.1, 0.15) is 5.82 Å². The van der Waals surface area contributed by atoms with E-state index in [0.29, 0.717) is 6.54 Å². The molecule has 0 aliphatic carbocycles. The minimum Gasteiger partial charge on any atom is -0.478 e. The van der Waals surface area contributed by atoms with Crippen molar-refractivity contribution in [1.82, 2.24) is 0 Å². The minimum absolute atomic E-state index is 0.0885. The van der Waals surface area contributed by atoms with Gasteiger partial charge in [0.05, 0.1) is 11.3 Å². The highest BCUT2D eigenvalue weighted by Gasteiger charge is 2.13. The van der Waals surface area contributed by atoms with Gasteiger partial charge in [0, 0.05) is 27.0 Å². The Balaban J connectivity index is 2.20. The van der Waals surface area contributed by atoms with Crippen molar-refractivity contribution in [2.45, 2.75) is 6.54 Å². The fourth-order valence-electron chi connectivity index (χ4n) is 1.54. The molecular weight excluding hydrogens is 335 g/mol. The third kappa shape index (κ3) is 3.24. The second-order valence-electron chi connectivity index (χ2n) is 3.81. The van der Waals surface area contributed by atoms with E-state index in [0.717, 1.165) is 15.4 Å². The van der Waals surface area contributed by atoms with Gasteiger partial charge in [-0.3, -0.25) is 0 Å². The van der Waals surface area contributed by atoms with E-state index in [1.54, 1.807) is 0 Å². The lowest BCUT2D eigenvalue weighted by Gasteiger charge is -2.09. The van der Waals surface area contributed by atoms with Crippen LogP contribution in [-0.2, 0) is 6.54 Å². The molecule has 0 amide bonds. The molecule has 0 radical (unpaired) electrons. The van der Waals surface area contributed by atoms with Crippen LogP contribution in [0.2, 0.25) is 0 Å². The number of rotatable bonds is 4. The first-order chi connectivity index (χ1) is 8.97. The highest BCUT2D eigenvalue weighted by Crippen LogP contribution is 2.25. The lowest BCUT2D eigenvalue weighted by atomic mass is 10.1. The molecule has 4 N–H and O–H groups in total.